The number of nitrogens with zero attached hydrogens (tertiary/aromatic N) is 2. The summed E-state index contributed by atoms with van der Waals surface area (Å²) in [5.41, 5.74) is 1.06. The summed E-state index contributed by atoms with van der Waals surface area (Å²) in [4.78, 5) is 8.42. The second kappa shape index (κ2) is 4.45. The summed E-state index contributed by atoms with van der Waals surface area (Å²) < 4.78 is 0. The van der Waals surface area contributed by atoms with Gasteiger partial charge in [-0.05, 0) is 43.9 Å². The first-order valence-electron chi connectivity index (χ1n) is 6.55. The van der Waals surface area contributed by atoms with Gasteiger partial charge in [0, 0.05) is 11.6 Å². The highest BCUT2D eigenvalue weighted by Gasteiger charge is 2.41. The molecule has 92 valence electrons. The molecule has 0 bridgehead atoms. The Morgan fingerprint density at radius 1 is 1.29 bits per heavy atom. The van der Waals surface area contributed by atoms with Gasteiger partial charge in [0.15, 0.2) is 0 Å². The van der Waals surface area contributed by atoms with Crippen molar-refractivity contribution >= 4 is 17.4 Å². The molecule has 2 fully saturated rings. The number of halogens is 1. The van der Waals surface area contributed by atoms with Crippen LogP contribution in [0.4, 0.5) is 5.82 Å². The highest BCUT2D eigenvalue weighted by atomic mass is 35.5. The maximum Gasteiger partial charge on any atom is 0.137 e. The molecule has 2 saturated carbocycles. The van der Waals surface area contributed by atoms with Gasteiger partial charge in [0.05, 0.1) is 0 Å². The van der Waals surface area contributed by atoms with E-state index in [0.29, 0.717) is 11.2 Å². The molecule has 0 unspecified atom stereocenters. The highest BCUT2D eigenvalue weighted by molar-refractivity contribution is 6.30. The minimum atomic E-state index is 0.593. The minimum absolute atomic E-state index is 0.593. The zero-order valence-electron chi connectivity index (χ0n) is 10.1. The van der Waals surface area contributed by atoms with Gasteiger partial charge in [-0.3, -0.25) is 0 Å². The second-order valence-electron chi connectivity index (χ2n) is 5.19. The van der Waals surface area contributed by atoms with Crippen molar-refractivity contribution in [3.05, 3.63) is 17.0 Å². The number of hydrogen-bond acceptors (Lipinski definition) is 3. The van der Waals surface area contributed by atoms with Crippen LogP contribution in [0.2, 0.25) is 5.15 Å². The Hall–Kier alpha value is -0.830. The summed E-state index contributed by atoms with van der Waals surface area (Å²) in [5, 5.41) is 4.22. The average molecular weight is 252 g/mol. The third-order valence-corrected chi connectivity index (χ3v) is 4.14. The molecule has 3 nitrogen and oxygen atoms in total. The van der Waals surface area contributed by atoms with Crippen molar-refractivity contribution in [2.75, 3.05) is 5.32 Å². The first-order valence-corrected chi connectivity index (χ1v) is 6.93. The molecule has 3 rings (SSSR count). The van der Waals surface area contributed by atoms with Gasteiger partial charge in [-0.2, -0.15) is 0 Å². The normalized spacial score (nSPS) is 19.7. The van der Waals surface area contributed by atoms with E-state index in [-0.39, 0.29) is 0 Å². The fourth-order valence-corrected chi connectivity index (χ4v) is 2.78. The molecule has 0 amide bonds. The number of anilines is 1. The van der Waals surface area contributed by atoms with E-state index in [1.165, 1.54) is 25.7 Å². The molecule has 1 heterocycles. The Bertz CT molecular complexity index is 401. The van der Waals surface area contributed by atoms with Crippen LogP contribution in [0.3, 0.4) is 0 Å². The quantitative estimate of drug-likeness (QED) is 0.816. The van der Waals surface area contributed by atoms with Crippen molar-refractivity contribution in [3.63, 3.8) is 0 Å². The van der Waals surface area contributed by atoms with E-state index >= 15 is 0 Å². The lowest BCUT2D eigenvalue weighted by Crippen LogP contribution is -2.25. The predicted octanol–water partition coefficient (Wildman–Crippen LogP) is 3.29. The summed E-state index contributed by atoms with van der Waals surface area (Å²) in [6.45, 7) is 2.10. The number of rotatable bonds is 5. The summed E-state index contributed by atoms with van der Waals surface area (Å²) in [6.07, 6.45) is 7.91. The van der Waals surface area contributed by atoms with E-state index < -0.39 is 0 Å². The zero-order valence-corrected chi connectivity index (χ0v) is 10.9. The predicted molar refractivity (Wildman–Crippen MR) is 69.3 cm³/mol. The van der Waals surface area contributed by atoms with E-state index in [9.17, 15) is 0 Å². The molecule has 1 aromatic rings. The molecule has 0 spiro atoms. The molecule has 0 aliphatic heterocycles. The molecule has 0 aromatic carbocycles. The van der Waals surface area contributed by atoms with Crippen molar-refractivity contribution in [1.82, 2.24) is 9.97 Å². The Morgan fingerprint density at radius 2 is 1.94 bits per heavy atom. The van der Waals surface area contributed by atoms with Crippen molar-refractivity contribution in [1.29, 1.82) is 0 Å². The summed E-state index contributed by atoms with van der Waals surface area (Å²) in [5.74, 6) is 2.68. The van der Waals surface area contributed by atoms with E-state index in [0.717, 1.165) is 29.6 Å². The second-order valence-corrected chi connectivity index (χ2v) is 5.55. The molecular formula is C13H18ClN3. The number of aromatic nitrogens is 2. The maximum atomic E-state index is 6.11. The monoisotopic (exact) mass is 251 g/mol. The Kier molecular flexibility index (Phi) is 2.95. The number of nitrogens with one attached hydrogen (secondary N) is 1. The van der Waals surface area contributed by atoms with Crippen LogP contribution in [0.25, 0.3) is 0 Å². The van der Waals surface area contributed by atoms with Crippen LogP contribution < -0.4 is 5.32 Å². The Balaban J connectivity index is 1.80. The molecule has 0 radical (unpaired) electrons. The zero-order chi connectivity index (χ0) is 11.8. The van der Waals surface area contributed by atoms with Crippen molar-refractivity contribution in [3.8, 4) is 0 Å². The smallest absolute Gasteiger partial charge is 0.137 e. The van der Waals surface area contributed by atoms with Crippen LogP contribution >= 0.6 is 11.6 Å². The standard InChI is InChI=1S/C13H18ClN3/c1-2-10-12(14)15-7-16-13(10)17-11(8-3-4-8)9-5-6-9/h7-9,11H,2-6H2,1H3,(H,15,16,17). The average Bonchev–Trinajstić information content (AvgIpc) is 3.16. The fraction of sp³-hybridized carbons (Fsp3) is 0.692. The van der Waals surface area contributed by atoms with E-state index in [1.54, 1.807) is 6.33 Å². The summed E-state index contributed by atoms with van der Waals surface area (Å²) in [6, 6.07) is 0.617. The molecule has 1 N–H and O–H groups in total. The van der Waals surface area contributed by atoms with Crippen molar-refractivity contribution in [2.24, 2.45) is 11.8 Å². The lowest BCUT2D eigenvalue weighted by molar-refractivity contribution is 0.564. The fourth-order valence-electron chi connectivity index (χ4n) is 2.52. The Labute approximate surface area is 107 Å². The van der Waals surface area contributed by atoms with Crippen LogP contribution in [0, 0.1) is 11.8 Å². The van der Waals surface area contributed by atoms with Crippen LogP contribution in [-0.2, 0) is 6.42 Å². The molecular weight excluding hydrogens is 234 g/mol. The van der Waals surface area contributed by atoms with Crippen LogP contribution in [0.1, 0.15) is 38.2 Å². The molecule has 4 heteroatoms. The minimum Gasteiger partial charge on any atom is -0.366 e. The SMILES string of the molecule is CCc1c(Cl)ncnc1NC(C1CC1)C1CC1. The Morgan fingerprint density at radius 3 is 2.47 bits per heavy atom. The molecule has 2 aliphatic carbocycles. The van der Waals surface area contributed by atoms with Gasteiger partial charge in [0.25, 0.3) is 0 Å². The maximum absolute atomic E-state index is 6.11. The van der Waals surface area contributed by atoms with Gasteiger partial charge < -0.3 is 5.32 Å². The third-order valence-electron chi connectivity index (χ3n) is 3.81. The first kappa shape index (κ1) is 11.3. The molecule has 0 atom stereocenters. The van der Waals surface area contributed by atoms with Gasteiger partial charge in [-0.15, -0.1) is 0 Å². The van der Waals surface area contributed by atoms with Crippen LogP contribution in [0.15, 0.2) is 6.33 Å². The summed E-state index contributed by atoms with van der Waals surface area (Å²) >= 11 is 6.11. The van der Waals surface area contributed by atoms with E-state index in [2.05, 4.69) is 22.2 Å². The molecule has 0 saturated heterocycles. The largest absolute Gasteiger partial charge is 0.366 e. The van der Waals surface area contributed by atoms with Crippen molar-refractivity contribution < 1.29 is 0 Å². The van der Waals surface area contributed by atoms with E-state index in [4.69, 9.17) is 11.6 Å². The lowest BCUT2D eigenvalue weighted by Gasteiger charge is -2.20. The van der Waals surface area contributed by atoms with Gasteiger partial charge in [0.1, 0.15) is 17.3 Å². The van der Waals surface area contributed by atoms with Gasteiger partial charge >= 0.3 is 0 Å². The first-order chi connectivity index (χ1) is 8.29. The highest BCUT2D eigenvalue weighted by Crippen LogP contribution is 2.46. The molecule has 2 aliphatic rings. The van der Waals surface area contributed by atoms with Gasteiger partial charge in [-0.25, -0.2) is 9.97 Å². The van der Waals surface area contributed by atoms with Gasteiger partial charge in [0.2, 0.25) is 0 Å². The topological polar surface area (TPSA) is 37.8 Å². The number of hydrogen-bond donors (Lipinski definition) is 1. The van der Waals surface area contributed by atoms with E-state index in [1.807, 2.05) is 0 Å². The third kappa shape index (κ3) is 2.39. The van der Waals surface area contributed by atoms with Crippen LogP contribution in [0.5, 0.6) is 0 Å². The molecule has 1 aromatic heterocycles. The summed E-state index contributed by atoms with van der Waals surface area (Å²) in [7, 11) is 0. The van der Waals surface area contributed by atoms with Gasteiger partial charge in [-0.1, -0.05) is 18.5 Å². The lowest BCUT2D eigenvalue weighted by atomic mass is 10.1. The van der Waals surface area contributed by atoms with Crippen molar-refractivity contribution in [2.45, 2.75) is 45.1 Å². The van der Waals surface area contributed by atoms with Crippen LogP contribution in [-0.4, -0.2) is 16.0 Å². The molecule has 17 heavy (non-hydrogen) atoms.